The number of likely N-dealkylation sites (N-methyl/N-ethyl adjacent to an activating group) is 1. The van der Waals surface area contributed by atoms with Crippen LogP contribution in [0.3, 0.4) is 0 Å². The van der Waals surface area contributed by atoms with Gasteiger partial charge in [-0.15, -0.1) is 0 Å². The van der Waals surface area contributed by atoms with Gasteiger partial charge in [0.2, 0.25) is 0 Å². The molecule has 0 bridgehead atoms. The molecule has 0 spiro atoms. The summed E-state index contributed by atoms with van der Waals surface area (Å²) in [7, 11) is 1.67. The number of hydrogen-bond donors (Lipinski definition) is 1. The number of aliphatic imine (C=N–C) groups is 1. The number of nitrogens with two attached hydrogens (primary N) is 1. The molecule has 2 amide bonds. The van der Waals surface area contributed by atoms with E-state index in [-0.39, 0.29) is 23.9 Å². The summed E-state index contributed by atoms with van der Waals surface area (Å²) < 4.78 is 5.50. The molecule has 7 nitrogen and oxygen atoms in total. The summed E-state index contributed by atoms with van der Waals surface area (Å²) in [6.45, 7) is 8.80. The van der Waals surface area contributed by atoms with E-state index in [0.29, 0.717) is 19.5 Å². The third-order valence-electron chi connectivity index (χ3n) is 4.99. The summed E-state index contributed by atoms with van der Waals surface area (Å²) in [5.74, 6) is 0.196. The highest BCUT2D eigenvalue weighted by molar-refractivity contribution is 6.06. The summed E-state index contributed by atoms with van der Waals surface area (Å²) in [6, 6.07) is 0. The third-order valence-corrected chi connectivity index (χ3v) is 4.99. The van der Waals surface area contributed by atoms with Crippen molar-refractivity contribution < 1.29 is 14.3 Å². The molecule has 0 aromatic heterocycles. The topological polar surface area (TPSA) is 88.2 Å². The van der Waals surface area contributed by atoms with Crippen molar-refractivity contribution in [2.45, 2.75) is 70.9 Å². The number of carbonyl (C=O) groups is 2. The quantitative estimate of drug-likeness (QED) is 0.841. The van der Waals surface area contributed by atoms with Crippen LogP contribution in [0.5, 0.6) is 0 Å². The molecule has 2 N–H and O–H groups in total. The summed E-state index contributed by atoms with van der Waals surface area (Å²) >= 11 is 0. The monoisotopic (exact) mass is 352 g/mol. The normalized spacial score (nSPS) is 27.5. The Kier molecular flexibility index (Phi) is 5.64. The number of hydrogen-bond acceptors (Lipinski definition) is 5. The molecule has 0 saturated carbocycles. The Morgan fingerprint density at radius 2 is 2.12 bits per heavy atom. The molecule has 2 unspecified atom stereocenters. The van der Waals surface area contributed by atoms with Gasteiger partial charge >= 0.3 is 6.09 Å². The number of amides is 2. The highest BCUT2D eigenvalue weighted by Gasteiger charge is 2.52. The van der Waals surface area contributed by atoms with Gasteiger partial charge in [0.25, 0.3) is 5.91 Å². The molecule has 7 heteroatoms. The molecule has 1 saturated heterocycles. The van der Waals surface area contributed by atoms with Crippen LogP contribution in [0.2, 0.25) is 0 Å². The van der Waals surface area contributed by atoms with Crippen LogP contribution in [0.15, 0.2) is 4.99 Å². The van der Waals surface area contributed by atoms with Crippen molar-refractivity contribution in [3.63, 3.8) is 0 Å². The van der Waals surface area contributed by atoms with E-state index in [9.17, 15) is 9.59 Å². The van der Waals surface area contributed by atoms with Crippen molar-refractivity contribution in [3.05, 3.63) is 0 Å². The molecule has 2 aliphatic rings. The van der Waals surface area contributed by atoms with Crippen molar-refractivity contribution in [1.29, 1.82) is 0 Å². The fourth-order valence-corrected chi connectivity index (χ4v) is 3.66. The van der Waals surface area contributed by atoms with E-state index in [1.54, 1.807) is 11.9 Å². The second kappa shape index (κ2) is 7.22. The number of nitrogens with zero attached hydrogens (tertiary/aromatic N) is 3. The molecule has 0 aromatic carbocycles. The minimum Gasteiger partial charge on any atom is -0.444 e. The number of piperidine rings is 1. The summed E-state index contributed by atoms with van der Waals surface area (Å²) in [4.78, 5) is 33.2. The van der Waals surface area contributed by atoms with Crippen molar-refractivity contribution in [3.8, 4) is 0 Å². The fourth-order valence-electron chi connectivity index (χ4n) is 3.66. The van der Waals surface area contributed by atoms with Gasteiger partial charge in [-0.2, -0.15) is 0 Å². The maximum absolute atomic E-state index is 12.9. The van der Waals surface area contributed by atoms with Crippen LogP contribution in [0.4, 0.5) is 4.79 Å². The molecule has 1 fully saturated rings. The first-order valence-corrected chi connectivity index (χ1v) is 9.22. The summed E-state index contributed by atoms with van der Waals surface area (Å²) in [6.07, 6.45) is 3.93. The summed E-state index contributed by atoms with van der Waals surface area (Å²) in [5, 5.41) is 0. The molecule has 142 valence electrons. The van der Waals surface area contributed by atoms with Crippen LogP contribution in [0.25, 0.3) is 0 Å². The van der Waals surface area contributed by atoms with E-state index in [1.165, 1.54) is 4.90 Å². The Labute approximate surface area is 150 Å². The predicted octanol–water partition coefficient (Wildman–Crippen LogP) is 2.35. The van der Waals surface area contributed by atoms with E-state index in [2.05, 4.69) is 11.9 Å². The molecule has 25 heavy (non-hydrogen) atoms. The van der Waals surface area contributed by atoms with E-state index in [0.717, 1.165) is 25.7 Å². The van der Waals surface area contributed by atoms with Gasteiger partial charge in [-0.3, -0.25) is 9.69 Å². The number of carbonyl (C=O) groups excluding carboxylic acids is 2. The predicted molar refractivity (Wildman–Crippen MR) is 97.2 cm³/mol. The number of ether oxygens (including phenoxy) is 1. The van der Waals surface area contributed by atoms with Gasteiger partial charge in [0.1, 0.15) is 11.1 Å². The number of guanidine groups is 1. The van der Waals surface area contributed by atoms with E-state index < -0.39 is 11.1 Å². The van der Waals surface area contributed by atoms with Gasteiger partial charge in [0, 0.05) is 26.1 Å². The molecule has 2 heterocycles. The van der Waals surface area contributed by atoms with Crippen LogP contribution in [-0.2, 0) is 9.53 Å². The lowest BCUT2D eigenvalue weighted by Crippen LogP contribution is -2.54. The number of unbranched alkanes of at least 4 members (excludes halogenated alkanes) is 1. The minimum absolute atomic E-state index is 0.0312. The first-order chi connectivity index (χ1) is 11.6. The van der Waals surface area contributed by atoms with E-state index in [4.69, 9.17) is 10.5 Å². The van der Waals surface area contributed by atoms with Crippen LogP contribution in [0.1, 0.15) is 59.8 Å². The highest BCUT2D eigenvalue weighted by Crippen LogP contribution is 2.39. The average molecular weight is 352 g/mol. The molecule has 2 rings (SSSR count). The lowest BCUT2D eigenvalue weighted by molar-refractivity contribution is -0.133. The van der Waals surface area contributed by atoms with Gasteiger partial charge in [-0.25, -0.2) is 9.79 Å². The molecular weight excluding hydrogens is 320 g/mol. The Hall–Kier alpha value is -1.79. The second-order valence-corrected chi connectivity index (χ2v) is 8.13. The molecule has 0 aromatic rings. The third kappa shape index (κ3) is 4.07. The number of rotatable bonds is 4. The average Bonchev–Trinajstić information content (AvgIpc) is 2.76. The lowest BCUT2D eigenvalue weighted by atomic mass is 9.75. The molecule has 2 aliphatic heterocycles. The van der Waals surface area contributed by atoms with Gasteiger partial charge in [0.15, 0.2) is 5.96 Å². The van der Waals surface area contributed by atoms with Crippen LogP contribution < -0.4 is 5.73 Å². The SMILES string of the molecule is CCCCC1(C2CCCN(C(=O)OC(C)(C)C)C2)N=C(N)N(C)C1=O. The Morgan fingerprint density at radius 1 is 1.44 bits per heavy atom. The molecule has 0 radical (unpaired) electrons. The maximum Gasteiger partial charge on any atom is 0.410 e. The minimum atomic E-state index is -0.838. The van der Waals surface area contributed by atoms with Crippen LogP contribution in [-0.4, -0.2) is 59.0 Å². The van der Waals surface area contributed by atoms with Crippen molar-refractivity contribution in [2.75, 3.05) is 20.1 Å². The zero-order valence-corrected chi connectivity index (χ0v) is 16.2. The Balaban J connectivity index is 2.21. The standard InChI is InChI=1S/C18H32N4O3/c1-6-7-10-18(14(23)21(5)15(19)20-18)13-9-8-11-22(12-13)16(24)25-17(2,3)4/h13H,6-12H2,1-5H3,(H2,19,20). The Morgan fingerprint density at radius 3 is 2.64 bits per heavy atom. The van der Waals surface area contributed by atoms with Gasteiger partial charge < -0.3 is 15.4 Å². The zero-order valence-electron chi connectivity index (χ0n) is 16.2. The zero-order chi connectivity index (χ0) is 18.8. The summed E-state index contributed by atoms with van der Waals surface area (Å²) in [5.41, 5.74) is 4.58. The lowest BCUT2D eigenvalue weighted by Gasteiger charge is -2.40. The van der Waals surface area contributed by atoms with Crippen molar-refractivity contribution in [1.82, 2.24) is 9.80 Å². The Bertz CT molecular complexity index is 555. The first-order valence-electron chi connectivity index (χ1n) is 9.22. The van der Waals surface area contributed by atoms with Crippen molar-refractivity contribution >= 4 is 18.0 Å². The first kappa shape index (κ1) is 19.5. The molecule has 2 atom stereocenters. The highest BCUT2D eigenvalue weighted by atomic mass is 16.6. The second-order valence-electron chi connectivity index (χ2n) is 8.13. The largest absolute Gasteiger partial charge is 0.444 e. The van der Waals surface area contributed by atoms with Crippen LogP contribution >= 0.6 is 0 Å². The van der Waals surface area contributed by atoms with Gasteiger partial charge in [0.05, 0.1) is 0 Å². The maximum atomic E-state index is 12.9. The van der Waals surface area contributed by atoms with Gasteiger partial charge in [-0.1, -0.05) is 19.8 Å². The van der Waals surface area contributed by atoms with Crippen LogP contribution in [0, 0.1) is 5.92 Å². The fraction of sp³-hybridized carbons (Fsp3) is 0.833. The molecular formula is C18H32N4O3. The van der Waals surface area contributed by atoms with Crippen molar-refractivity contribution in [2.24, 2.45) is 16.6 Å². The van der Waals surface area contributed by atoms with E-state index in [1.807, 2.05) is 20.8 Å². The van der Waals surface area contributed by atoms with Gasteiger partial charge in [-0.05, 0) is 40.0 Å². The molecule has 0 aliphatic carbocycles. The smallest absolute Gasteiger partial charge is 0.410 e. The van der Waals surface area contributed by atoms with E-state index >= 15 is 0 Å². The number of likely N-dealkylation sites (tertiary alicyclic amines) is 1.